The molecule has 0 amide bonds. The number of alkyl halides is 6. The molecule has 0 aliphatic heterocycles. The Hall–Kier alpha value is -1.98. The Morgan fingerprint density at radius 1 is 0.667 bits per heavy atom. The van der Waals surface area contributed by atoms with Gasteiger partial charge in [-0.15, -0.1) is 0 Å². The van der Waals surface area contributed by atoms with E-state index < -0.39 is 28.9 Å². The molecule has 0 N–H and O–H groups in total. The Balaban J connectivity index is 2.38. The van der Waals surface area contributed by atoms with Gasteiger partial charge in [0, 0.05) is 11.1 Å². The van der Waals surface area contributed by atoms with Crippen molar-refractivity contribution in [1.82, 2.24) is 0 Å². The van der Waals surface area contributed by atoms with Gasteiger partial charge < -0.3 is 0 Å². The molecule has 0 saturated heterocycles. The summed E-state index contributed by atoms with van der Waals surface area (Å²) in [5.74, 6) is -5.53. The average molecular weight is 302 g/mol. The van der Waals surface area contributed by atoms with E-state index in [1.54, 1.807) is 0 Å². The van der Waals surface area contributed by atoms with Crippen LogP contribution >= 0.6 is 0 Å². The molecule has 0 radical (unpaired) electrons. The smallest absolute Gasteiger partial charge is 0.226 e. The molecule has 0 fully saturated rings. The van der Waals surface area contributed by atoms with Gasteiger partial charge in [0.1, 0.15) is 0 Å². The highest BCUT2D eigenvalue weighted by Gasteiger charge is 2.74. The van der Waals surface area contributed by atoms with Crippen LogP contribution in [0.5, 0.6) is 0 Å². The summed E-state index contributed by atoms with van der Waals surface area (Å²) in [4.78, 5) is 0. The normalized spacial score (nSPS) is 16.5. The lowest BCUT2D eigenvalue weighted by Crippen LogP contribution is -2.52. The fourth-order valence-corrected chi connectivity index (χ4v) is 2.72. The molecule has 0 saturated carbocycles. The molecule has 0 spiro atoms. The van der Waals surface area contributed by atoms with E-state index in [-0.39, 0.29) is 11.1 Å². The second-order valence-electron chi connectivity index (χ2n) is 4.82. The molecule has 0 aromatic heterocycles. The minimum Gasteiger partial charge on any atom is -0.226 e. The summed E-state index contributed by atoms with van der Waals surface area (Å²) in [6.07, 6.45) is -5.99. The van der Waals surface area contributed by atoms with Crippen LogP contribution in [0.1, 0.15) is 11.1 Å². The van der Waals surface area contributed by atoms with Crippen molar-refractivity contribution in [3.63, 3.8) is 0 Å². The van der Waals surface area contributed by atoms with Gasteiger partial charge in [0.15, 0.2) is 0 Å². The highest BCUT2D eigenvalue weighted by Crippen LogP contribution is 2.60. The molecule has 0 heterocycles. The molecule has 1 aliphatic rings. The molecule has 0 unspecified atom stereocenters. The summed E-state index contributed by atoms with van der Waals surface area (Å²) in [6.45, 7) is 0. The molecule has 0 nitrogen and oxygen atoms in total. The predicted octanol–water partition coefficient (Wildman–Crippen LogP) is 5.08. The van der Waals surface area contributed by atoms with E-state index in [2.05, 4.69) is 0 Å². The first kappa shape index (κ1) is 14.0. The summed E-state index contributed by atoms with van der Waals surface area (Å²) >= 11 is 0. The molecule has 2 aromatic rings. The number of benzene rings is 2. The Morgan fingerprint density at radius 3 is 1.43 bits per heavy atom. The van der Waals surface area contributed by atoms with Crippen molar-refractivity contribution in [2.75, 3.05) is 0 Å². The fourth-order valence-electron chi connectivity index (χ4n) is 2.72. The second kappa shape index (κ2) is 4.02. The van der Waals surface area contributed by atoms with Gasteiger partial charge in [-0.2, -0.15) is 22.0 Å². The van der Waals surface area contributed by atoms with Crippen LogP contribution in [0.4, 0.5) is 26.3 Å². The third-order valence-corrected chi connectivity index (χ3v) is 3.68. The van der Waals surface area contributed by atoms with Crippen LogP contribution < -0.4 is 0 Å². The largest absolute Gasteiger partial charge is 0.457 e. The lowest BCUT2D eigenvalue weighted by molar-refractivity contribution is -0.322. The van der Waals surface area contributed by atoms with Crippen LogP contribution in [-0.4, -0.2) is 12.1 Å². The zero-order valence-electron chi connectivity index (χ0n) is 10.4. The van der Waals surface area contributed by atoms with Gasteiger partial charge in [0.2, 0.25) is 5.67 Å². The maximum atomic E-state index is 15.1. The van der Waals surface area contributed by atoms with Crippen LogP contribution in [0, 0.1) is 0 Å². The molecule has 21 heavy (non-hydrogen) atoms. The maximum absolute atomic E-state index is 15.1. The topological polar surface area (TPSA) is 0 Å². The Morgan fingerprint density at radius 2 is 1.05 bits per heavy atom. The molecule has 1 aliphatic carbocycles. The zero-order valence-corrected chi connectivity index (χ0v) is 10.4. The lowest BCUT2D eigenvalue weighted by atomic mass is 9.86. The van der Waals surface area contributed by atoms with Crippen LogP contribution in [0.25, 0.3) is 11.1 Å². The van der Waals surface area contributed by atoms with Gasteiger partial charge >= 0.3 is 12.1 Å². The van der Waals surface area contributed by atoms with Gasteiger partial charge in [-0.3, -0.25) is 0 Å². The molecule has 6 heteroatoms. The minimum atomic E-state index is -5.99. The first-order valence-electron chi connectivity index (χ1n) is 6.04. The van der Waals surface area contributed by atoms with Crippen molar-refractivity contribution in [3.05, 3.63) is 59.7 Å². The van der Waals surface area contributed by atoms with Crippen molar-refractivity contribution in [2.45, 2.75) is 17.8 Å². The Kier molecular flexibility index (Phi) is 2.68. The van der Waals surface area contributed by atoms with E-state index >= 15 is 4.39 Å². The van der Waals surface area contributed by atoms with Crippen LogP contribution in [-0.2, 0) is 5.67 Å². The van der Waals surface area contributed by atoms with Crippen molar-refractivity contribution in [1.29, 1.82) is 0 Å². The van der Waals surface area contributed by atoms with E-state index in [0.29, 0.717) is 0 Å². The SMILES string of the molecule is FC(F)(F)C(F)(F)C1(F)c2ccccc2-c2ccccc21. The van der Waals surface area contributed by atoms with Crippen molar-refractivity contribution in [2.24, 2.45) is 0 Å². The molecule has 0 bridgehead atoms. The summed E-state index contributed by atoms with van der Waals surface area (Å²) in [5.41, 5.74) is -5.13. The monoisotopic (exact) mass is 302 g/mol. The summed E-state index contributed by atoms with van der Waals surface area (Å²) < 4.78 is 81.0. The van der Waals surface area contributed by atoms with E-state index in [4.69, 9.17) is 0 Å². The maximum Gasteiger partial charge on any atom is 0.457 e. The van der Waals surface area contributed by atoms with Gasteiger partial charge in [0.05, 0.1) is 0 Å². The second-order valence-corrected chi connectivity index (χ2v) is 4.82. The standard InChI is InChI=1S/C15H8F6/c16-13(14(17,18)15(19,20)21)11-7-3-1-5-9(11)10-6-2-4-8-12(10)13/h1-8H. The van der Waals surface area contributed by atoms with Crippen LogP contribution in [0.3, 0.4) is 0 Å². The average Bonchev–Trinajstić information content (AvgIpc) is 2.70. The van der Waals surface area contributed by atoms with Gasteiger partial charge in [-0.1, -0.05) is 48.5 Å². The third kappa shape index (κ3) is 1.58. The number of hydrogen-bond donors (Lipinski definition) is 0. The van der Waals surface area contributed by atoms with Crippen LogP contribution in [0.15, 0.2) is 48.5 Å². The quantitative estimate of drug-likeness (QED) is 0.645. The minimum absolute atomic E-state index is 0.0551. The summed E-state index contributed by atoms with van der Waals surface area (Å²) in [6, 6.07) is 10.0. The van der Waals surface area contributed by atoms with E-state index in [1.165, 1.54) is 36.4 Å². The Labute approximate surface area is 116 Å². The van der Waals surface area contributed by atoms with E-state index in [9.17, 15) is 22.0 Å². The lowest BCUT2D eigenvalue weighted by Gasteiger charge is -2.33. The van der Waals surface area contributed by atoms with Crippen LogP contribution in [0.2, 0.25) is 0 Å². The molecular formula is C15H8F6. The molecular weight excluding hydrogens is 294 g/mol. The summed E-state index contributed by atoms with van der Waals surface area (Å²) in [5, 5.41) is 0. The molecule has 2 aromatic carbocycles. The molecule has 110 valence electrons. The molecule has 3 rings (SSSR count). The van der Waals surface area contributed by atoms with Crippen molar-refractivity contribution in [3.8, 4) is 11.1 Å². The number of hydrogen-bond acceptors (Lipinski definition) is 0. The number of rotatable bonds is 1. The number of fused-ring (bicyclic) bond motifs is 3. The summed E-state index contributed by atoms with van der Waals surface area (Å²) in [7, 11) is 0. The van der Waals surface area contributed by atoms with Gasteiger partial charge in [-0.25, -0.2) is 4.39 Å². The zero-order chi connectivity index (χ0) is 15.5. The first-order valence-corrected chi connectivity index (χ1v) is 6.04. The molecule has 0 atom stereocenters. The third-order valence-electron chi connectivity index (χ3n) is 3.68. The van der Waals surface area contributed by atoms with E-state index in [1.807, 2.05) is 0 Å². The van der Waals surface area contributed by atoms with E-state index in [0.717, 1.165) is 12.1 Å². The van der Waals surface area contributed by atoms with Gasteiger partial charge in [0.25, 0.3) is 0 Å². The van der Waals surface area contributed by atoms with Crippen molar-refractivity contribution < 1.29 is 26.3 Å². The Bertz CT molecular complexity index is 656. The highest BCUT2D eigenvalue weighted by atomic mass is 19.4. The number of halogens is 6. The predicted molar refractivity (Wildman–Crippen MR) is 64.8 cm³/mol. The fraction of sp³-hybridized carbons (Fsp3) is 0.200. The highest BCUT2D eigenvalue weighted by molar-refractivity contribution is 5.80. The van der Waals surface area contributed by atoms with Gasteiger partial charge in [-0.05, 0) is 11.1 Å². The first-order chi connectivity index (χ1) is 9.71. The van der Waals surface area contributed by atoms with Crippen molar-refractivity contribution >= 4 is 0 Å².